The van der Waals surface area contributed by atoms with Crippen LogP contribution in [0.4, 0.5) is 0 Å². The molecule has 1 aliphatic rings. The van der Waals surface area contributed by atoms with E-state index in [1.165, 1.54) is 54.6 Å². The molecule has 3 nitrogen and oxygen atoms in total. The zero-order chi connectivity index (χ0) is 30.1. The van der Waals surface area contributed by atoms with Crippen molar-refractivity contribution in [3.8, 4) is 45.3 Å². The summed E-state index contributed by atoms with van der Waals surface area (Å²) in [7, 11) is 0. The quantitative estimate of drug-likeness (QED) is 0.197. The molecule has 0 saturated heterocycles. The molecule has 0 aliphatic heterocycles. The van der Waals surface area contributed by atoms with Gasteiger partial charge in [0.15, 0.2) is 17.5 Å². The second kappa shape index (κ2) is 9.67. The van der Waals surface area contributed by atoms with Crippen LogP contribution in [0.15, 0.2) is 140 Å². The second-order valence-electron chi connectivity index (χ2n) is 12.5. The van der Waals surface area contributed by atoms with Gasteiger partial charge in [0, 0.05) is 22.1 Å². The third kappa shape index (κ3) is 3.94. The number of hydrogen-bond acceptors (Lipinski definition) is 3. The molecule has 45 heavy (non-hydrogen) atoms. The zero-order valence-corrected chi connectivity index (χ0v) is 25.1. The van der Waals surface area contributed by atoms with Gasteiger partial charge in [-0.3, -0.25) is 0 Å². The smallest absolute Gasteiger partial charge is 0.164 e. The Bertz CT molecular complexity index is 2390. The van der Waals surface area contributed by atoms with Gasteiger partial charge < -0.3 is 0 Å². The lowest BCUT2D eigenvalue weighted by atomic mass is 9.81. The van der Waals surface area contributed by atoms with E-state index in [0.29, 0.717) is 17.5 Å². The molecular weight excluding hydrogens is 546 g/mol. The Morgan fingerprint density at radius 3 is 1.62 bits per heavy atom. The Balaban J connectivity index is 1.29. The van der Waals surface area contributed by atoms with Gasteiger partial charge in [0.1, 0.15) is 0 Å². The Labute approximate surface area is 261 Å². The maximum Gasteiger partial charge on any atom is 0.164 e. The van der Waals surface area contributed by atoms with Gasteiger partial charge in [0.2, 0.25) is 0 Å². The summed E-state index contributed by atoms with van der Waals surface area (Å²) in [6.07, 6.45) is 0. The Morgan fingerprint density at radius 2 is 0.956 bits per heavy atom. The van der Waals surface area contributed by atoms with E-state index in [1.54, 1.807) is 0 Å². The van der Waals surface area contributed by atoms with E-state index in [-0.39, 0.29) is 5.41 Å². The van der Waals surface area contributed by atoms with Crippen molar-refractivity contribution in [1.82, 2.24) is 15.0 Å². The monoisotopic (exact) mass is 575 g/mol. The number of aromatic nitrogens is 3. The summed E-state index contributed by atoms with van der Waals surface area (Å²) in [4.78, 5) is 14.8. The normalized spacial score (nSPS) is 13.3. The molecule has 212 valence electrons. The first-order chi connectivity index (χ1) is 22.1. The molecule has 0 amide bonds. The minimum atomic E-state index is -0.0500. The molecule has 3 heteroatoms. The van der Waals surface area contributed by atoms with Gasteiger partial charge in [-0.2, -0.15) is 0 Å². The standard InChI is InChI=1S/C42H29N3/c1-42(2)34-16-10-9-15-33(34)38-35(42)24-22-27-18-17-26-19-20-30-25-31(21-23-32(30)36(26)37(27)38)41-44-39(28-11-5-3-6-12-28)43-40(45-41)29-13-7-4-8-14-29/h3-25H,1-2H3. The molecular formula is C42H29N3. The van der Waals surface area contributed by atoms with Crippen LogP contribution in [0.3, 0.4) is 0 Å². The van der Waals surface area contributed by atoms with Gasteiger partial charge in [-0.05, 0) is 60.6 Å². The molecule has 0 bridgehead atoms. The van der Waals surface area contributed by atoms with Crippen molar-refractivity contribution in [3.05, 3.63) is 151 Å². The Hall–Kier alpha value is -5.67. The SMILES string of the molecule is CC1(C)c2ccccc2-c2c1ccc1ccc3ccc4cc(-c5nc(-c6ccccc6)nc(-c6ccccc6)n5)ccc4c3c21. The fraction of sp³-hybridized carbons (Fsp3) is 0.0714. The van der Waals surface area contributed by atoms with E-state index in [4.69, 9.17) is 15.0 Å². The van der Waals surface area contributed by atoms with Gasteiger partial charge in [-0.15, -0.1) is 0 Å². The van der Waals surface area contributed by atoms with Crippen molar-refractivity contribution in [2.75, 3.05) is 0 Å². The van der Waals surface area contributed by atoms with Crippen LogP contribution in [0.5, 0.6) is 0 Å². The van der Waals surface area contributed by atoms with Crippen molar-refractivity contribution in [1.29, 1.82) is 0 Å². The first-order valence-corrected chi connectivity index (χ1v) is 15.5. The lowest BCUT2D eigenvalue weighted by molar-refractivity contribution is 0.661. The van der Waals surface area contributed by atoms with Crippen molar-refractivity contribution < 1.29 is 0 Å². The molecule has 0 spiro atoms. The third-order valence-corrected chi connectivity index (χ3v) is 9.48. The largest absolute Gasteiger partial charge is 0.208 e. The molecule has 1 aromatic heterocycles. The van der Waals surface area contributed by atoms with E-state index < -0.39 is 0 Å². The van der Waals surface area contributed by atoms with E-state index in [1.807, 2.05) is 60.7 Å². The van der Waals surface area contributed by atoms with Crippen LogP contribution in [-0.4, -0.2) is 15.0 Å². The van der Waals surface area contributed by atoms with Crippen LogP contribution < -0.4 is 0 Å². The summed E-state index contributed by atoms with van der Waals surface area (Å²) < 4.78 is 0. The van der Waals surface area contributed by atoms with Crippen molar-refractivity contribution in [2.24, 2.45) is 0 Å². The zero-order valence-electron chi connectivity index (χ0n) is 25.1. The topological polar surface area (TPSA) is 38.7 Å². The van der Waals surface area contributed by atoms with Gasteiger partial charge in [0.05, 0.1) is 0 Å². The number of benzene rings is 7. The molecule has 1 heterocycles. The highest BCUT2D eigenvalue weighted by Crippen LogP contribution is 2.52. The van der Waals surface area contributed by atoms with Crippen LogP contribution >= 0.6 is 0 Å². The van der Waals surface area contributed by atoms with Gasteiger partial charge in [0.25, 0.3) is 0 Å². The van der Waals surface area contributed by atoms with Crippen LogP contribution in [0, 0.1) is 0 Å². The molecule has 0 atom stereocenters. The maximum absolute atomic E-state index is 4.98. The number of hydrogen-bond donors (Lipinski definition) is 0. The fourth-order valence-corrected chi connectivity index (χ4v) is 7.24. The van der Waals surface area contributed by atoms with Crippen molar-refractivity contribution in [2.45, 2.75) is 19.3 Å². The molecule has 0 N–H and O–H groups in total. The van der Waals surface area contributed by atoms with Crippen LogP contribution in [0.1, 0.15) is 25.0 Å². The highest BCUT2D eigenvalue weighted by Gasteiger charge is 2.36. The first-order valence-electron chi connectivity index (χ1n) is 15.5. The number of fused-ring (bicyclic) bond motifs is 9. The lowest BCUT2D eigenvalue weighted by Gasteiger charge is -2.21. The molecule has 8 aromatic rings. The highest BCUT2D eigenvalue weighted by molar-refractivity contribution is 6.25. The van der Waals surface area contributed by atoms with E-state index in [0.717, 1.165) is 16.7 Å². The molecule has 0 radical (unpaired) electrons. The van der Waals surface area contributed by atoms with E-state index in [9.17, 15) is 0 Å². The first kappa shape index (κ1) is 25.8. The summed E-state index contributed by atoms with van der Waals surface area (Å²) >= 11 is 0. The van der Waals surface area contributed by atoms with E-state index >= 15 is 0 Å². The maximum atomic E-state index is 4.98. The van der Waals surface area contributed by atoms with Crippen LogP contribution in [-0.2, 0) is 5.41 Å². The van der Waals surface area contributed by atoms with Gasteiger partial charge >= 0.3 is 0 Å². The van der Waals surface area contributed by atoms with Crippen molar-refractivity contribution in [3.63, 3.8) is 0 Å². The fourth-order valence-electron chi connectivity index (χ4n) is 7.24. The lowest BCUT2D eigenvalue weighted by Crippen LogP contribution is -2.14. The minimum absolute atomic E-state index is 0.0500. The van der Waals surface area contributed by atoms with Crippen LogP contribution in [0.2, 0.25) is 0 Å². The molecule has 7 aromatic carbocycles. The van der Waals surface area contributed by atoms with Gasteiger partial charge in [-0.25, -0.2) is 15.0 Å². The van der Waals surface area contributed by atoms with Gasteiger partial charge in [-0.1, -0.05) is 147 Å². The molecule has 0 unspecified atom stereocenters. The van der Waals surface area contributed by atoms with Crippen LogP contribution in [0.25, 0.3) is 77.6 Å². The third-order valence-electron chi connectivity index (χ3n) is 9.48. The predicted molar refractivity (Wildman–Crippen MR) is 186 cm³/mol. The number of nitrogens with zero attached hydrogens (tertiary/aromatic N) is 3. The Morgan fingerprint density at radius 1 is 0.422 bits per heavy atom. The molecule has 0 fully saturated rings. The van der Waals surface area contributed by atoms with Crippen molar-refractivity contribution >= 4 is 32.3 Å². The summed E-state index contributed by atoms with van der Waals surface area (Å²) in [6.45, 7) is 4.70. The predicted octanol–water partition coefficient (Wildman–Crippen LogP) is 10.6. The van der Waals surface area contributed by atoms with E-state index in [2.05, 4.69) is 92.7 Å². The average molecular weight is 576 g/mol. The molecule has 0 saturated carbocycles. The summed E-state index contributed by atoms with van der Waals surface area (Å²) in [5.41, 5.74) is 8.35. The number of rotatable bonds is 3. The highest BCUT2D eigenvalue weighted by atomic mass is 15.0. The minimum Gasteiger partial charge on any atom is -0.208 e. The summed E-state index contributed by atoms with van der Waals surface area (Å²) in [6, 6.07) is 49.5. The molecule has 9 rings (SSSR count). The second-order valence-corrected chi connectivity index (χ2v) is 12.5. The summed E-state index contributed by atoms with van der Waals surface area (Å²) in [5.74, 6) is 2.00. The Kier molecular flexibility index (Phi) is 5.54. The molecule has 1 aliphatic carbocycles. The average Bonchev–Trinajstić information content (AvgIpc) is 3.34. The summed E-state index contributed by atoms with van der Waals surface area (Å²) in [5, 5.41) is 7.54.